The number of hydrogen-bond acceptors (Lipinski definition) is 3. The first-order valence-electron chi connectivity index (χ1n) is 7.01. The SMILES string of the molecule is CCCS(=O)(=O)N1CCCCC1CNC(C)(C)C. The lowest BCUT2D eigenvalue weighted by atomic mass is 10.0. The zero-order valence-electron chi connectivity index (χ0n) is 12.2. The van der Waals surface area contributed by atoms with Crippen LogP contribution in [0, 0.1) is 0 Å². The summed E-state index contributed by atoms with van der Waals surface area (Å²) in [6.45, 7) is 9.71. The summed E-state index contributed by atoms with van der Waals surface area (Å²) >= 11 is 0. The van der Waals surface area contributed by atoms with Crippen LogP contribution in [0.1, 0.15) is 53.4 Å². The number of piperidine rings is 1. The van der Waals surface area contributed by atoms with E-state index in [0.717, 1.165) is 25.8 Å². The Morgan fingerprint density at radius 2 is 1.94 bits per heavy atom. The van der Waals surface area contributed by atoms with Crippen molar-refractivity contribution in [1.82, 2.24) is 9.62 Å². The van der Waals surface area contributed by atoms with Crippen molar-refractivity contribution in [2.75, 3.05) is 18.8 Å². The average molecular weight is 276 g/mol. The summed E-state index contributed by atoms with van der Waals surface area (Å²) in [5.41, 5.74) is 0.0393. The van der Waals surface area contributed by atoms with Gasteiger partial charge in [0.15, 0.2) is 0 Å². The van der Waals surface area contributed by atoms with E-state index in [1.807, 2.05) is 6.92 Å². The molecule has 1 saturated heterocycles. The second-order valence-electron chi connectivity index (χ2n) is 6.21. The molecular formula is C13H28N2O2S. The lowest BCUT2D eigenvalue weighted by molar-refractivity contribution is 0.231. The van der Waals surface area contributed by atoms with Crippen LogP contribution < -0.4 is 5.32 Å². The molecule has 0 radical (unpaired) electrons. The van der Waals surface area contributed by atoms with Crippen LogP contribution in [0.25, 0.3) is 0 Å². The van der Waals surface area contributed by atoms with Gasteiger partial charge < -0.3 is 5.32 Å². The van der Waals surface area contributed by atoms with Gasteiger partial charge in [0.25, 0.3) is 0 Å². The molecule has 1 aliphatic rings. The van der Waals surface area contributed by atoms with Crippen LogP contribution in [0.4, 0.5) is 0 Å². The van der Waals surface area contributed by atoms with Crippen molar-refractivity contribution in [3.63, 3.8) is 0 Å². The molecule has 18 heavy (non-hydrogen) atoms. The number of nitrogens with one attached hydrogen (secondary N) is 1. The highest BCUT2D eigenvalue weighted by Gasteiger charge is 2.31. The lowest BCUT2D eigenvalue weighted by Crippen LogP contribution is -2.52. The molecule has 1 rings (SSSR count). The summed E-state index contributed by atoms with van der Waals surface area (Å²) in [5, 5.41) is 3.43. The lowest BCUT2D eigenvalue weighted by Gasteiger charge is -2.36. The molecule has 0 saturated carbocycles. The molecule has 0 bridgehead atoms. The quantitative estimate of drug-likeness (QED) is 0.835. The van der Waals surface area contributed by atoms with Crippen molar-refractivity contribution in [3.8, 4) is 0 Å². The van der Waals surface area contributed by atoms with E-state index in [-0.39, 0.29) is 17.3 Å². The Bertz CT molecular complexity index is 346. The smallest absolute Gasteiger partial charge is 0.214 e. The van der Waals surface area contributed by atoms with E-state index in [2.05, 4.69) is 26.1 Å². The molecule has 1 heterocycles. The van der Waals surface area contributed by atoms with Gasteiger partial charge in [-0.2, -0.15) is 4.31 Å². The minimum Gasteiger partial charge on any atom is -0.310 e. The first kappa shape index (κ1) is 15.9. The standard InChI is InChI=1S/C13H28N2O2S/c1-5-10-18(16,17)15-9-7-6-8-12(15)11-14-13(2,3)4/h12,14H,5-11H2,1-4H3. The number of rotatable bonds is 5. The third kappa shape index (κ3) is 4.86. The van der Waals surface area contributed by atoms with E-state index in [1.54, 1.807) is 4.31 Å². The topological polar surface area (TPSA) is 49.4 Å². The van der Waals surface area contributed by atoms with Gasteiger partial charge in [-0.15, -0.1) is 0 Å². The summed E-state index contributed by atoms with van der Waals surface area (Å²) in [5.74, 6) is 0.277. The third-order valence-corrected chi connectivity index (χ3v) is 5.38. The molecule has 5 heteroatoms. The molecule has 0 spiro atoms. The summed E-state index contributed by atoms with van der Waals surface area (Å²) in [6, 6.07) is 0.134. The van der Waals surface area contributed by atoms with Crippen molar-refractivity contribution in [2.45, 2.75) is 65.0 Å². The zero-order valence-corrected chi connectivity index (χ0v) is 13.0. The minimum absolute atomic E-state index is 0.0393. The molecule has 1 N–H and O–H groups in total. The Balaban J connectivity index is 2.68. The van der Waals surface area contributed by atoms with Crippen LogP contribution in [0.15, 0.2) is 0 Å². The van der Waals surface area contributed by atoms with E-state index in [1.165, 1.54) is 0 Å². The highest BCUT2D eigenvalue weighted by molar-refractivity contribution is 7.89. The van der Waals surface area contributed by atoms with E-state index in [4.69, 9.17) is 0 Å². The summed E-state index contributed by atoms with van der Waals surface area (Å²) in [7, 11) is -3.06. The molecule has 0 aliphatic carbocycles. The average Bonchev–Trinajstić information content (AvgIpc) is 2.26. The second-order valence-corrected chi connectivity index (χ2v) is 8.25. The fraction of sp³-hybridized carbons (Fsp3) is 1.00. The molecule has 0 aromatic carbocycles. The maximum absolute atomic E-state index is 12.2. The van der Waals surface area contributed by atoms with Gasteiger partial charge in [0.2, 0.25) is 10.0 Å². The van der Waals surface area contributed by atoms with Crippen LogP contribution in [0.3, 0.4) is 0 Å². The predicted molar refractivity (Wildman–Crippen MR) is 76.2 cm³/mol. The second kappa shape index (κ2) is 6.35. The summed E-state index contributed by atoms with van der Waals surface area (Å²) in [6.07, 6.45) is 3.80. The van der Waals surface area contributed by atoms with Crippen LogP contribution in [0.2, 0.25) is 0 Å². The zero-order chi connectivity index (χ0) is 13.8. The fourth-order valence-corrected chi connectivity index (χ4v) is 4.14. The molecule has 0 aromatic rings. The molecular weight excluding hydrogens is 248 g/mol. The number of nitrogens with zero attached hydrogens (tertiary/aromatic N) is 1. The van der Waals surface area contributed by atoms with E-state index in [0.29, 0.717) is 13.0 Å². The van der Waals surface area contributed by atoms with Gasteiger partial charge in [-0.25, -0.2) is 8.42 Å². The molecule has 1 fully saturated rings. The largest absolute Gasteiger partial charge is 0.310 e. The van der Waals surface area contributed by atoms with Gasteiger partial charge in [0, 0.05) is 24.7 Å². The third-order valence-electron chi connectivity index (χ3n) is 3.26. The van der Waals surface area contributed by atoms with Crippen molar-refractivity contribution in [3.05, 3.63) is 0 Å². The van der Waals surface area contributed by atoms with Gasteiger partial charge in [-0.3, -0.25) is 0 Å². The Morgan fingerprint density at radius 1 is 1.28 bits per heavy atom. The molecule has 108 valence electrons. The van der Waals surface area contributed by atoms with Crippen LogP contribution in [0.5, 0.6) is 0 Å². The molecule has 0 aromatic heterocycles. The normalized spacial score (nSPS) is 23.2. The van der Waals surface area contributed by atoms with E-state index in [9.17, 15) is 8.42 Å². The predicted octanol–water partition coefficient (Wildman–Crippen LogP) is 1.97. The molecule has 0 amide bonds. The highest BCUT2D eigenvalue weighted by atomic mass is 32.2. The van der Waals surface area contributed by atoms with E-state index < -0.39 is 10.0 Å². The van der Waals surface area contributed by atoms with Crippen LogP contribution >= 0.6 is 0 Å². The monoisotopic (exact) mass is 276 g/mol. The van der Waals surface area contributed by atoms with Crippen molar-refractivity contribution >= 4 is 10.0 Å². The summed E-state index contributed by atoms with van der Waals surface area (Å²) in [4.78, 5) is 0. The molecule has 4 nitrogen and oxygen atoms in total. The van der Waals surface area contributed by atoms with Crippen LogP contribution in [-0.2, 0) is 10.0 Å². The first-order valence-corrected chi connectivity index (χ1v) is 8.62. The first-order chi connectivity index (χ1) is 8.26. The molecule has 1 unspecified atom stereocenters. The summed E-state index contributed by atoms with van der Waals surface area (Å²) < 4.78 is 26.2. The number of sulfonamides is 1. The Kier molecular flexibility index (Phi) is 5.62. The Morgan fingerprint density at radius 3 is 2.50 bits per heavy atom. The number of hydrogen-bond donors (Lipinski definition) is 1. The van der Waals surface area contributed by atoms with Gasteiger partial charge in [0.1, 0.15) is 0 Å². The van der Waals surface area contributed by atoms with Gasteiger partial charge in [0.05, 0.1) is 5.75 Å². The minimum atomic E-state index is -3.06. The highest BCUT2D eigenvalue weighted by Crippen LogP contribution is 2.21. The fourth-order valence-electron chi connectivity index (χ4n) is 2.34. The molecule has 1 aliphatic heterocycles. The van der Waals surface area contributed by atoms with Crippen LogP contribution in [-0.4, -0.2) is 43.1 Å². The van der Waals surface area contributed by atoms with E-state index >= 15 is 0 Å². The molecule has 1 atom stereocenters. The van der Waals surface area contributed by atoms with Gasteiger partial charge in [-0.05, 0) is 40.0 Å². The Labute approximate surface area is 112 Å². The Hall–Kier alpha value is -0.130. The van der Waals surface area contributed by atoms with Crippen molar-refractivity contribution in [1.29, 1.82) is 0 Å². The van der Waals surface area contributed by atoms with Gasteiger partial charge in [-0.1, -0.05) is 13.3 Å². The van der Waals surface area contributed by atoms with Gasteiger partial charge >= 0.3 is 0 Å². The maximum Gasteiger partial charge on any atom is 0.214 e. The maximum atomic E-state index is 12.2. The van der Waals surface area contributed by atoms with Crippen molar-refractivity contribution < 1.29 is 8.42 Å². The van der Waals surface area contributed by atoms with Crippen molar-refractivity contribution in [2.24, 2.45) is 0 Å².